The SMILES string of the molecule is O=[N+]([O-])c1cccc(C2OC[C@H](O)[C@H]([C@@H]3OC(c4cccc([N+](=O)[O-])c4)O[C@@H]3CO)O2)c1. The summed E-state index contributed by atoms with van der Waals surface area (Å²) < 4.78 is 23.0. The highest BCUT2D eigenvalue weighted by molar-refractivity contribution is 5.36. The Labute approximate surface area is 181 Å². The van der Waals surface area contributed by atoms with Crippen molar-refractivity contribution < 1.29 is 39.0 Å². The van der Waals surface area contributed by atoms with Gasteiger partial charge in [0.05, 0.1) is 23.1 Å². The number of benzene rings is 2. The molecule has 2 unspecified atom stereocenters. The van der Waals surface area contributed by atoms with Gasteiger partial charge in [-0.1, -0.05) is 24.3 Å². The van der Waals surface area contributed by atoms with Gasteiger partial charge >= 0.3 is 0 Å². The first-order chi connectivity index (χ1) is 15.4. The fourth-order valence-electron chi connectivity index (χ4n) is 3.69. The molecule has 2 heterocycles. The van der Waals surface area contributed by atoms with Gasteiger partial charge in [-0.15, -0.1) is 0 Å². The first-order valence-corrected chi connectivity index (χ1v) is 9.73. The summed E-state index contributed by atoms with van der Waals surface area (Å²) in [6.07, 6.45) is -5.97. The third-order valence-electron chi connectivity index (χ3n) is 5.23. The number of ether oxygens (including phenoxy) is 4. The first kappa shape index (κ1) is 22.2. The zero-order valence-electron chi connectivity index (χ0n) is 16.6. The lowest BCUT2D eigenvalue weighted by Gasteiger charge is -2.37. The molecule has 2 aliphatic rings. The van der Waals surface area contributed by atoms with Crippen molar-refractivity contribution >= 4 is 11.4 Å². The molecule has 2 aromatic rings. The summed E-state index contributed by atoms with van der Waals surface area (Å²) in [6, 6.07) is 11.4. The molecule has 6 atom stereocenters. The Hall–Kier alpha value is -3.00. The van der Waals surface area contributed by atoms with Crippen LogP contribution in [0.1, 0.15) is 23.7 Å². The summed E-state index contributed by atoms with van der Waals surface area (Å²) in [4.78, 5) is 21.0. The number of aliphatic hydroxyl groups is 2. The van der Waals surface area contributed by atoms with Gasteiger partial charge in [-0.25, -0.2) is 0 Å². The van der Waals surface area contributed by atoms with Crippen molar-refractivity contribution in [1.29, 1.82) is 0 Å². The second kappa shape index (κ2) is 9.24. The van der Waals surface area contributed by atoms with E-state index in [1.165, 1.54) is 36.4 Å². The molecule has 12 nitrogen and oxygen atoms in total. The summed E-state index contributed by atoms with van der Waals surface area (Å²) in [7, 11) is 0. The van der Waals surface area contributed by atoms with Gasteiger partial charge in [0.15, 0.2) is 12.6 Å². The summed E-state index contributed by atoms with van der Waals surface area (Å²) >= 11 is 0. The molecule has 12 heteroatoms. The third-order valence-corrected chi connectivity index (χ3v) is 5.23. The van der Waals surface area contributed by atoms with Crippen molar-refractivity contribution in [2.75, 3.05) is 13.2 Å². The number of rotatable bonds is 6. The Kier molecular flexibility index (Phi) is 6.41. The van der Waals surface area contributed by atoms with Crippen LogP contribution >= 0.6 is 0 Å². The maximum Gasteiger partial charge on any atom is 0.269 e. The molecule has 0 radical (unpaired) electrons. The van der Waals surface area contributed by atoms with Gasteiger partial charge in [-0.05, 0) is 0 Å². The van der Waals surface area contributed by atoms with Gasteiger partial charge in [0.2, 0.25) is 0 Å². The molecule has 0 saturated carbocycles. The number of hydrogen-bond acceptors (Lipinski definition) is 10. The number of hydrogen-bond donors (Lipinski definition) is 2. The van der Waals surface area contributed by atoms with Crippen molar-refractivity contribution in [2.45, 2.75) is 37.0 Å². The van der Waals surface area contributed by atoms with Crippen LogP contribution in [0.4, 0.5) is 11.4 Å². The molecule has 2 aromatic carbocycles. The third kappa shape index (κ3) is 4.46. The number of nitrogens with zero attached hydrogens (tertiary/aromatic N) is 2. The van der Waals surface area contributed by atoms with Crippen LogP contribution in [0, 0.1) is 20.2 Å². The van der Waals surface area contributed by atoms with Crippen molar-refractivity contribution in [3.63, 3.8) is 0 Å². The summed E-state index contributed by atoms with van der Waals surface area (Å²) in [5, 5.41) is 42.4. The molecule has 0 spiro atoms. The van der Waals surface area contributed by atoms with E-state index >= 15 is 0 Å². The standard InChI is InChI=1S/C20H20N2O10/c23-9-16-18(32-20(30-16)12-4-2-6-14(8-12)22(27)28)17-15(24)10-29-19(31-17)11-3-1-5-13(7-11)21(25)26/h1-8,15-20,23-24H,9-10H2/t15-,16+,17+,18+,19?,20?/m0/s1. The fraction of sp³-hybridized carbons (Fsp3) is 0.400. The highest BCUT2D eigenvalue weighted by Crippen LogP contribution is 2.38. The molecule has 0 aliphatic carbocycles. The molecule has 0 amide bonds. The van der Waals surface area contributed by atoms with E-state index in [1.807, 2.05) is 0 Å². The highest BCUT2D eigenvalue weighted by Gasteiger charge is 2.47. The van der Waals surface area contributed by atoms with E-state index in [1.54, 1.807) is 12.1 Å². The number of nitro groups is 2. The Morgan fingerprint density at radius 2 is 1.44 bits per heavy atom. The van der Waals surface area contributed by atoms with Gasteiger partial charge in [0, 0.05) is 35.4 Å². The average Bonchev–Trinajstić information content (AvgIpc) is 3.24. The second-order valence-electron chi connectivity index (χ2n) is 7.33. The van der Waals surface area contributed by atoms with E-state index in [-0.39, 0.29) is 18.0 Å². The number of nitro benzene ring substituents is 2. The molecular formula is C20H20N2O10. The van der Waals surface area contributed by atoms with Gasteiger partial charge in [-0.2, -0.15) is 0 Å². The largest absolute Gasteiger partial charge is 0.394 e. The summed E-state index contributed by atoms with van der Waals surface area (Å²) in [6.45, 7) is -0.595. The maximum absolute atomic E-state index is 11.1. The Bertz CT molecular complexity index is 946. The van der Waals surface area contributed by atoms with Gasteiger partial charge in [0.1, 0.15) is 24.4 Å². The minimum absolute atomic E-state index is 0.141. The van der Waals surface area contributed by atoms with Crippen LogP contribution in [0.5, 0.6) is 0 Å². The van der Waals surface area contributed by atoms with Gasteiger partial charge in [0.25, 0.3) is 11.4 Å². The molecule has 2 saturated heterocycles. The second-order valence-corrected chi connectivity index (χ2v) is 7.33. The smallest absolute Gasteiger partial charge is 0.269 e. The van der Waals surface area contributed by atoms with E-state index < -0.39 is 53.4 Å². The van der Waals surface area contributed by atoms with E-state index in [9.17, 15) is 30.4 Å². The van der Waals surface area contributed by atoms with Crippen molar-refractivity contribution in [1.82, 2.24) is 0 Å². The van der Waals surface area contributed by atoms with Gasteiger partial charge in [-0.3, -0.25) is 20.2 Å². The van der Waals surface area contributed by atoms with Crippen LogP contribution in [0.15, 0.2) is 48.5 Å². The Morgan fingerprint density at radius 1 is 0.875 bits per heavy atom. The molecule has 0 aromatic heterocycles. The molecule has 170 valence electrons. The zero-order chi connectivity index (χ0) is 22.8. The van der Waals surface area contributed by atoms with E-state index in [4.69, 9.17) is 18.9 Å². The van der Waals surface area contributed by atoms with Crippen LogP contribution in [0.3, 0.4) is 0 Å². The maximum atomic E-state index is 11.1. The predicted octanol–water partition coefficient (Wildman–Crippen LogP) is 1.75. The molecule has 32 heavy (non-hydrogen) atoms. The lowest BCUT2D eigenvalue weighted by atomic mass is 10.0. The average molecular weight is 448 g/mol. The van der Waals surface area contributed by atoms with E-state index in [0.29, 0.717) is 11.1 Å². The minimum atomic E-state index is -1.13. The van der Waals surface area contributed by atoms with Crippen LogP contribution in [0.2, 0.25) is 0 Å². The van der Waals surface area contributed by atoms with Gasteiger partial charge < -0.3 is 29.2 Å². The lowest BCUT2D eigenvalue weighted by Crippen LogP contribution is -2.51. The first-order valence-electron chi connectivity index (χ1n) is 9.73. The molecular weight excluding hydrogens is 428 g/mol. The monoisotopic (exact) mass is 448 g/mol. The molecule has 0 bridgehead atoms. The van der Waals surface area contributed by atoms with Crippen molar-refractivity contribution in [3.8, 4) is 0 Å². The predicted molar refractivity (Wildman–Crippen MR) is 105 cm³/mol. The van der Waals surface area contributed by atoms with Crippen LogP contribution in [-0.2, 0) is 18.9 Å². The van der Waals surface area contributed by atoms with E-state index in [0.717, 1.165) is 0 Å². The number of aliphatic hydroxyl groups excluding tert-OH is 2. The normalized spacial score (nSPS) is 30.2. The molecule has 4 rings (SSSR count). The van der Waals surface area contributed by atoms with E-state index in [2.05, 4.69) is 0 Å². The van der Waals surface area contributed by atoms with Crippen LogP contribution in [-0.4, -0.2) is 57.7 Å². The quantitative estimate of drug-likeness (QED) is 0.491. The summed E-state index contributed by atoms with van der Waals surface area (Å²) in [5.74, 6) is 0. The zero-order valence-corrected chi connectivity index (χ0v) is 16.6. The van der Waals surface area contributed by atoms with Crippen LogP contribution < -0.4 is 0 Å². The fourth-order valence-corrected chi connectivity index (χ4v) is 3.69. The molecule has 2 fully saturated rings. The highest BCUT2D eigenvalue weighted by atomic mass is 16.8. The number of non-ortho nitro benzene ring substituents is 2. The lowest BCUT2D eigenvalue weighted by molar-refractivity contribution is -0.385. The molecule has 2 aliphatic heterocycles. The van der Waals surface area contributed by atoms with Crippen LogP contribution in [0.25, 0.3) is 0 Å². The molecule has 2 N–H and O–H groups in total. The topological polar surface area (TPSA) is 164 Å². The van der Waals surface area contributed by atoms with Crippen molar-refractivity contribution in [3.05, 3.63) is 79.9 Å². The Morgan fingerprint density at radius 3 is 2.00 bits per heavy atom. The minimum Gasteiger partial charge on any atom is -0.394 e. The Balaban J connectivity index is 1.54. The summed E-state index contributed by atoms with van der Waals surface area (Å²) in [5.41, 5.74) is 0.464. The van der Waals surface area contributed by atoms with Crippen molar-refractivity contribution in [2.24, 2.45) is 0 Å².